The quantitative estimate of drug-likeness (QED) is 0.759. The summed E-state index contributed by atoms with van der Waals surface area (Å²) in [6.07, 6.45) is 0.112. The second-order valence-corrected chi connectivity index (χ2v) is 7.97. The number of carbonyl (C=O) groups excluding carboxylic acids is 3. The molecule has 0 spiro atoms. The fraction of sp³-hybridized carbons (Fsp3) is 0.611. The molecule has 150 valence electrons. The smallest absolute Gasteiger partial charge is 0.341 e. The number of hydrogen-bond donors (Lipinski definition) is 1. The van der Waals surface area contributed by atoms with E-state index >= 15 is 0 Å². The van der Waals surface area contributed by atoms with Crippen molar-refractivity contribution < 1.29 is 23.9 Å². The molecule has 0 radical (unpaired) electrons. The number of rotatable bonds is 5. The van der Waals surface area contributed by atoms with E-state index in [4.69, 9.17) is 9.47 Å². The molecule has 1 aliphatic rings. The highest BCUT2D eigenvalue weighted by atomic mass is 32.1. The fourth-order valence-electron chi connectivity index (χ4n) is 3.14. The molecule has 1 aromatic heterocycles. The van der Waals surface area contributed by atoms with Crippen LogP contribution in [-0.4, -0.2) is 80.6 Å². The first-order valence-corrected chi connectivity index (χ1v) is 9.56. The van der Waals surface area contributed by atoms with Gasteiger partial charge in [-0.3, -0.25) is 14.5 Å². The lowest BCUT2D eigenvalue weighted by atomic mass is 10.1. The largest absolute Gasteiger partial charge is 0.465 e. The van der Waals surface area contributed by atoms with Crippen LogP contribution in [0.1, 0.15) is 39.4 Å². The second-order valence-electron chi connectivity index (χ2n) is 6.95. The molecule has 1 N–H and O–H groups in total. The number of ether oxygens (including phenoxy) is 2. The molecule has 0 bridgehead atoms. The third-order valence-corrected chi connectivity index (χ3v) is 5.45. The number of morpholine rings is 1. The molecule has 2 rings (SSSR count). The fourth-order valence-corrected chi connectivity index (χ4v) is 4.37. The number of hydrogen-bond acceptors (Lipinski definition) is 7. The molecule has 2 amide bonds. The summed E-state index contributed by atoms with van der Waals surface area (Å²) in [6.45, 7) is 7.13. The zero-order valence-corrected chi connectivity index (χ0v) is 17.4. The van der Waals surface area contributed by atoms with Gasteiger partial charge in [0, 0.05) is 27.2 Å². The molecule has 1 saturated heterocycles. The van der Waals surface area contributed by atoms with Gasteiger partial charge in [0.05, 0.1) is 36.3 Å². The number of amides is 2. The van der Waals surface area contributed by atoms with E-state index in [1.54, 1.807) is 21.0 Å². The molecule has 9 heteroatoms. The summed E-state index contributed by atoms with van der Waals surface area (Å²) in [5.41, 5.74) is 0.735. The van der Waals surface area contributed by atoms with Gasteiger partial charge in [-0.1, -0.05) is 0 Å². The Kier molecular flexibility index (Phi) is 6.96. The standard InChI is InChI=1S/C18H27N3O5S/c1-10-7-21(8-11(2)26-10)9-13(22)19-16-14(18(24)25-6)12(3)15(27-16)17(23)20(4)5/h10-11H,7-9H2,1-6H3,(H,19,22)/t10-,11+. The normalized spacial score (nSPS) is 20.2. The maximum Gasteiger partial charge on any atom is 0.341 e. The Morgan fingerprint density at radius 3 is 2.37 bits per heavy atom. The molecule has 2 atom stereocenters. The maximum atomic E-state index is 12.5. The predicted octanol–water partition coefficient (Wildman–Crippen LogP) is 1.59. The minimum Gasteiger partial charge on any atom is -0.465 e. The van der Waals surface area contributed by atoms with E-state index in [-0.39, 0.29) is 36.1 Å². The van der Waals surface area contributed by atoms with Crippen LogP contribution in [-0.2, 0) is 14.3 Å². The van der Waals surface area contributed by atoms with Crippen molar-refractivity contribution in [3.05, 3.63) is 16.0 Å². The summed E-state index contributed by atoms with van der Waals surface area (Å²) < 4.78 is 10.5. The van der Waals surface area contributed by atoms with Crippen molar-refractivity contribution in [3.63, 3.8) is 0 Å². The molecule has 8 nitrogen and oxygen atoms in total. The number of nitrogens with one attached hydrogen (secondary N) is 1. The van der Waals surface area contributed by atoms with Gasteiger partial charge in [-0.25, -0.2) is 4.79 Å². The molecule has 2 heterocycles. The Labute approximate surface area is 163 Å². The summed E-state index contributed by atoms with van der Waals surface area (Å²) in [7, 11) is 4.55. The van der Waals surface area contributed by atoms with Crippen LogP contribution in [0.4, 0.5) is 5.00 Å². The number of anilines is 1. The summed E-state index contributed by atoms with van der Waals surface area (Å²) >= 11 is 1.09. The number of nitrogens with zero attached hydrogens (tertiary/aromatic N) is 2. The van der Waals surface area contributed by atoms with Crippen LogP contribution in [0.3, 0.4) is 0 Å². The minimum atomic E-state index is -0.578. The molecular weight excluding hydrogens is 370 g/mol. The maximum absolute atomic E-state index is 12.5. The van der Waals surface area contributed by atoms with E-state index < -0.39 is 5.97 Å². The summed E-state index contributed by atoms with van der Waals surface area (Å²) in [4.78, 5) is 41.0. The highest BCUT2D eigenvalue weighted by molar-refractivity contribution is 7.18. The Bertz CT molecular complexity index is 721. The minimum absolute atomic E-state index is 0.0560. The van der Waals surface area contributed by atoms with Gasteiger partial charge in [0.15, 0.2) is 0 Å². The van der Waals surface area contributed by atoms with Crippen molar-refractivity contribution in [3.8, 4) is 0 Å². The molecule has 0 unspecified atom stereocenters. The van der Waals surface area contributed by atoms with E-state index in [1.165, 1.54) is 12.0 Å². The third kappa shape index (κ3) is 5.06. The molecule has 1 fully saturated rings. The average Bonchev–Trinajstić information content (AvgIpc) is 2.88. The van der Waals surface area contributed by atoms with Crippen LogP contribution in [0.25, 0.3) is 0 Å². The van der Waals surface area contributed by atoms with E-state index in [9.17, 15) is 14.4 Å². The lowest BCUT2D eigenvalue weighted by Gasteiger charge is -2.34. The van der Waals surface area contributed by atoms with Gasteiger partial charge >= 0.3 is 5.97 Å². The summed E-state index contributed by atoms with van der Waals surface area (Å²) in [6, 6.07) is 0. The van der Waals surface area contributed by atoms with Crippen molar-refractivity contribution in [1.82, 2.24) is 9.80 Å². The van der Waals surface area contributed by atoms with Crippen molar-refractivity contribution in [2.24, 2.45) is 0 Å². The average molecular weight is 397 g/mol. The number of carbonyl (C=O) groups is 3. The second kappa shape index (κ2) is 8.81. The van der Waals surface area contributed by atoms with Crippen LogP contribution in [0.5, 0.6) is 0 Å². The van der Waals surface area contributed by atoms with Crippen molar-refractivity contribution in [1.29, 1.82) is 0 Å². The number of esters is 1. The molecular formula is C18H27N3O5S. The summed E-state index contributed by atoms with van der Waals surface area (Å²) in [5, 5.41) is 3.12. The van der Waals surface area contributed by atoms with E-state index in [2.05, 4.69) is 5.32 Å². The van der Waals surface area contributed by atoms with Crippen molar-refractivity contribution in [2.45, 2.75) is 33.0 Å². The zero-order valence-electron chi connectivity index (χ0n) is 16.6. The Morgan fingerprint density at radius 1 is 1.26 bits per heavy atom. The molecule has 27 heavy (non-hydrogen) atoms. The van der Waals surface area contributed by atoms with Crippen LogP contribution in [0.2, 0.25) is 0 Å². The Balaban J connectivity index is 2.21. The van der Waals surface area contributed by atoms with Crippen LogP contribution < -0.4 is 5.32 Å². The van der Waals surface area contributed by atoms with Crippen LogP contribution >= 0.6 is 11.3 Å². The van der Waals surface area contributed by atoms with Crippen LogP contribution in [0, 0.1) is 6.92 Å². The highest BCUT2D eigenvalue weighted by Gasteiger charge is 2.28. The molecule has 0 aliphatic carbocycles. The summed E-state index contributed by atoms with van der Waals surface area (Å²) in [5.74, 6) is -1.05. The predicted molar refractivity (Wildman–Crippen MR) is 103 cm³/mol. The number of methoxy groups -OCH3 is 1. The first-order chi connectivity index (χ1) is 12.6. The third-order valence-electron chi connectivity index (χ3n) is 4.25. The van der Waals surface area contributed by atoms with Gasteiger partial charge in [-0.15, -0.1) is 11.3 Å². The van der Waals surface area contributed by atoms with E-state index in [0.717, 1.165) is 11.3 Å². The van der Waals surface area contributed by atoms with Gasteiger partial charge in [0.1, 0.15) is 5.00 Å². The highest BCUT2D eigenvalue weighted by Crippen LogP contribution is 2.34. The van der Waals surface area contributed by atoms with Gasteiger partial charge in [-0.05, 0) is 26.3 Å². The van der Waals surface area contributed by atoms with Crippen molar-refractivity contribution >= 4 is 34.1 Å². The Hall–Kier alpha value is -1.97. The Morgan fingerprint density at radius 2 is 1.85 bits per heavy atom. The topological polar surface area (TPSA) is 88.2 Å². The van der Waals surface area contributed by atoms with Crippen molar-refractivity contribution in [2.75, 3.05) is 46.2 Å². The van der Waals surface area contributed by atoms with Crippen LogP contribution in [0.15, 0.2) is 0 Å². The lowest BCUT2D eigenvalue weighted by Crippen LogP contribution is -2.48. The molecule has 1 aromatic rings. The van der Waals surface area contributed by atoms with Gasteiger partial charge in [0.25, 0.3) is 5.91 Å². The molecule has 1 aliphatic heterocycles. The van der Waals surface area contributed by atoms with Gasteiger partial charge in [-0.2, -0.15) is 0 Å². The van der Waals surface area contributed by atoms with E-state index in [1.807, 2.05) is 18.7 Å². The lowest BCUT2D eigenvalue weighted by molar-refractivity contribution is -0.121. The molecule has 0 aromatic carbocycles. The molecule has 0 saturated carbocycles. The van der Waals surface area contributed by atoms with E-state index in [0.29, 0.717) is 28.5 Å². The first-order valence-electron chi connectivity index (χ1n) is 8.75. The van der Waals surface area contributed by atoms with Gasteiger partial charge in [0.2, 0.25) is 5.91 Å². The first kappa shape index (κ1) is 21.3. The van der Waals surface area contributed by atoms with Gasteiger partial charge < -0.3 is 19.7 Å². The number of thiophene rings is 1. The SMILES string of the molecule is COC(=O)c1c(NC(=O)CN2C[C@@H](C)O[C@@H](C)C2)sc(C(=O)N(C)C)c1C. The zero-order chi connectivity index (χ0) is 20.3. The monoisotopic (exact) mass is 397 g/mol.